The first-order valence-electron chi connectivity index (χ1n) is 4.13. The van der Waals surface area contributed by atoms with Crippen molar-refractivity contribution in [2.45, 2.75) is 19.8 Å². The van der Waals surface area contributed by atoms with E-state index in [9.17, 15) is 4.39 Å². The summed E-state index contributed by atoms with van der Waals surface area (Å²) in [6.45, 7) is 3.81. The van der Waals surface area contributed by atoms with Crippen LogP contribution in [0.15, 0.2) is 16.6 Å². The van der Waals surface area contributed by atoms with Gasteiger partial charge in [-0.05, 0) is 40.0 Å². The Hall–Kier alpha value is -0.410. The summed E-state index contributed by atoms with van der Waals surface area (Å²) in [5.74, 6) is -0.314. The van der Waals surface area contributed by atoms with Gasteiger partial charge < -0.3 is 5.11 Å². The van der Waals surface area contributed by atoms with E-state index in [-0.39, 0.29) is 18.3 Å². The van der Waals surface area contributed by atoms with Crippen molar-refractivity contribution in [3.05, 3.63) is 33.5 Å². The van der Waals surface area contributed by atoms with Crippen molar-refractivity contribution in [3.8, 4) is 0 Å². The Kier molecular flexibility index (Phi) is 3.45. The molecule has 0 aliphatic carbocycles. The average Bonchev–Trinajstić information content (AvgIpc) is 2.12. The van der Waals surface area contributed by atoms with Gasteiger partial charge in [0.05, 0.1) is 4.47 Å². The Bertz CT molecular complexity index is 312. The number of benzene rings is 1. The van der Waals surface area contributed by atoms with Crippen LogP contribution in [0.4, 0.5) is 4.39 Å². The normalized spacial score (nSPS) is 13.0. The number of aliphatic hydroxyl groups is 1. The molecule has 0 amide bonds. The van der Waals surface area contributed by atoms with Gasteiger partial charge in [0.2, 0.25) is 0 Å². The largest absolute Gasteiger partial charge is 0.396 e. The molecule has 1 aromatic rings. The molecule has 3 heteroatoms. The number of rotatable bonds is 2. The van der Waals surface area contributed by atoms with E-state index in [0.29, 0.717) is 4.47 Å². The molecular weight excluding hydrogens is 235 g/mol. The zero-order valence-corrected chi connectivity index (χ0v) is 9.23. The van der Waals surface area contributed by atoms with Crippen molar-refractivity contribution in [3.63, 3.8) is 0 Å². The highest BCUT2D eigenvalue weighted by molar-refractivity contribution is 9.10. The van der Waals surface area contributed by atoms with Crippen LogP contribution in [-0.4, -0.2) is 11.7 Å². The van der Waals surface area contributed by atoms with Crippen LogP contribution in [0.2, 0.25) is 0 Å². The molecule has 0 aliphatic rings. The number of hydrogen-bond donors (Lipinski definition) is 1. The van der Waals surface area contributed by atoms with Gasteiger partial charge in [-0.3, -0.25) is 0 Å². The van der Waals surface area contributed by atoms with E-state index in [4.69, 9.17) is 5.11 Å². The van der Waals surface area contributed by atoms with Crippen LogP contribution in [0.1, 0.15) is 24.0 Å². The molecule has 1 N–H and O–H groups in total. The third kappa shape index (κ3) is 2.09. The monoisotopic (exact) mass is 246 g/mol. The van der Waals surface area contributed by atoms with Crippen molar-refractivity contribution in [2.75, 3.05) is 6.61 Å². The maximum absolute atomic E-state index is 13.1. The Balaban J connectivity index is 3.25. The fraction of sp³-hybridized carbons (Fsp3) is 0.400. The average molecular weight is 247 g/mol. The van der Waals surface area contributed by atoms with Crippen LogP contribution in [-0.2, 0) is 0 Å². The second-order valence-electron chi connectivity index (χ2n) is 3.18. The summed E-state index contributed by atoms with van der Waals surface area (Å²) >= 11 is 3.19. The fourth-order valence-electron chi connectivity index (χ4n) is 1.36. The fourth-order valence-corrected chi connectivity index (χ4v) is 2.19. The molecule has 0 heterocycles. The first-order chi connectivity index (χ1) is 6.07. The first-order valence-corrected chi connectivity index (χ1v) is 4.92. The Morgan fingerprint density at radius 1 is 1.54 bits per heavy atom. The van der Waals surface area contributed by atoms with Crippen molar-refractivity contribution >= 4 is 15.9 Å². The molecule has 0 radical (unpaired) electrons. The van der Waals surface area contributed by atoms with E-state index < -0.39 is 0 Å². The van der Waals surface area contributed by atoms with Gasteiger partial charge in [0.15, 0.2) is 0 Å². The molecule has 0 aliphatic heterocycles. The smallest absolute Gasteiger partial charge is 0.137 e. The SMILES string of the molecule is Cc1ccc(F)c(Br)c1C(C)CO. The molecule has 0 bridgehead atoms. The molecular formula is C10H12BrFO. The lowest BCUT2D eigenvalue weighted by molar-refractivity contribution is 0.272. The van der Waals surface area contributed by atoms with Crippen LogP contribution in [0.3, 0.4) is 0 Å². The van der Waals surface area contributed by atoms with Crippen LogP contribution in [0, 0.1) is 12.7 Å². The van der Waals surface area contributed by atoms with Gasteiger partial charge in [0.1, 0.15) is 5.82 Å². The summed E-state index contributed by atoms with van der Waals surface area (Å²) in [4.78, 5) is 0. The molecule has 1 unspecified atom stereocenters. The van der Waals surface area contributed by atoms with Gasteiger partial charge in [-0.1, -0.05) is 13.0 Å². The highest BCUT2D eigenvalue weighted by atomic mass is 79.9. The minimum Gasteiger partial charge on any atom is -0.396 e. The summed E-state index contributed by atoms with van der Waals surface area (Å²) in [6.07, 6.45) is 0. The van der Waals surface area contributed by atoms with Crippen molar-refractivity contribution in [1.29, 1.82) is 0 Å². The van der Waals surface area contributed by atoms with Gasteiger partial charge in [-0.2, -0.15) is 0 Å². The number of halogens is 2. The number of aliphatic hydroxyl groups excluding tert-OH is 1. The van der Waals surface area contributed by atoms with E-state index in [0.717, 1.165) is 11.1 Å². The molecule has 1 rings (SSSR count). The Labute approximate surface area is 85.7 Å². The lowest BCUT2D eigenvalue weighted by atomic mass is 9.97. The Morgan fingerprint density at radius 3 is 2.69 bits per heavy atom. The summed E-state index contributed by atoms with van der Waals surface area (Å²) < 4.78 is 13.6. The second-order valence-corrected chi connectivity index (χ2v) is 3.97. The minimum atomic E-state index is -0.277. The standard InChI is InChI=1S/C10H12BrFO/c1-6-3-4-8(12)10(11)9(6)7(2)5-13/h3-4,7,13H,5H2,1-2H3. The molecule has 0 fully saturated rings. The second kappa shape index (κ2) is 4.20. The summed E-state index contributed by atoms with van der Waals surface area (Å²) in [5.41, 5.74) is 1.84. The Morgan fingerprint density at radius 2 is 2.15 bits per heavy atom. The molecule has 72 valence electrons. The van der Waals surface area contributed by atoms with Gasteiger partial charge in [-0.25, -0.2) is 4.39 Å². The van der Waals surface area contributed by atoms with Crippen LogP contribution < -0.4 is 0 Å². The third-order valence-electron chi connectivity index (χ3n) is 2.12. The maximum Gasteiger partial charge on any atom is 0.137 e. The van der Waals surface area contributed by atoms with E-state index in [1.807, 2.05) is 13.8 Å². The van der Waals surface area contributed by atoms with Crippen molar-refractivity contribution in [1.82, 2.24) is 0 Å². The summed E-state index contributed by atoms with van der Waals surface area (Å²) in [5, 5.41) is 8.98. The lowest BCUT2D eigenvalue weighted by Gasteiger charge is -2.14. The molecule has 1 atom stereocenters. The predicted octanol–water partition coefficient (Wildman–Crippen LogP) is 2.99. The van der Waals surface area contributed by atoms with Crippen LogP contribution in [0.25, 0.3) is 0 Å². The minimum absolute atomic E-state index is 0.0306. The quantitative estimate of drug-likeness (QED) is 0.851. The third-order valence-corrected chi connectivity index (χ3v) is 2.92. The van der Waals surface area contributed by atoms with Crippen molar-refractivity contribution in [2.24, 2.45) is 0 Å². The van der Waals surface area contributed by atoms with E-state index >= 15 is 0 Å². The van der Waals surface area contributed by atoms with Gasteiger partial charge in [-0.15, -0.1) is 0 Å². The molecule has 1 aromatic carbocycles. The lowest BCUT2D eigenvalue weighted by Crippen LogP contribution is -2.03. The van der Waals surface area contributed by atoms with Gasteiger partial charge in [0, 0.05) is 12.5 Å². The zero-order valence-electron chi connectivity index (χ0n) is 7.64. The summed E-state index contributed by atoms with van der Waals surface area (Å²) in [7, 11) is 0. The van der Waals surface area contributed by atoms with E-state index in [1.165, 1.54) is 6.07 Å². The van der Waals surface area contributed by atoms with Gasteiger partial charge >= 0.3 is 0 Å². The molecule has 1 nitrogen and oxygen atoms in total. The molecule has 0 saturated carbocycles. The molecule has 0 spiro atoms. The van der Waals surface area contributed by atoms with Crippen molar-refractivity contribution < 1.29 is 9.50 Å². The zero-order chi connectivity index (χ0) is 10.0. The molecule has 13 heavy (non-hydrogen) atoms. The van der Waals surface area contributed by atoms with Crippen LogP contribution >= 0.6 is 15.9 Å². The predicted molar refractivity (Wildman–Crippen MR) is 54.3 cm³/mol. The topological polar surface area (TPSA) is 20.2 Å². The van der Waals surface area contributed by atoms with Crippen LogP contribution in [0.5, 0.6) is 0 Å². The molecule has 0 aromatic heterocycles. The van der Waals surface area contributed by atoms with E-state index in [1.54, 1.807) is 6.07 Å². The number of aryl methyl sites for hydroxylation is 1. The molecule has 0 saturated heterocycles. The number of hydrogen-bond acceptors (Lipinski definition) is 1. The van der Waals surface area contributed by atoms with E-state index in [2.05, 4.69) is 15.9 Å². The van der Waals surface area contributed by atoms with Gasteiger partial charge in [0.25, 0.3) is 0 Å². The first kappa shape index (κ1) is 10.7. The maximum atomic E-state index is 13.1. The highest BCUT2D eigenvalue weighted by Gasteiger charge is 2.14. The highest BCUT2D eigenvalue weighted by Crippen LogP contribution is 2.29. The summed E-state index contributed by atoms with van der Waals surface area (Å²) in [6, 6.07) is 3.15.